The maximum atomic E-state index is 12.3. The maximum Gasteiger partial charge on any atom is 0.408 e. The second kappa shape index (κ2) is 9.60. The molecule has 0 radical (unpaired) electrons. The van der Waals surface area contributed by atoms with Crippen molar-refractivity contribution in [2.24, 2.45) is 0 Å². The number of alkyl carbamates (subject to hydrolysis) is 1. The monoisotopic (exact) mass is 360 g/mol. The van der Waals surface area contributed by atoms with Crippen LogP contribution < -0.4 is 10.6 Å². The Hall–Kier alpha value is -2.83. The molecule has 1 aromatic rings. The van der Waals surface area contributed by atoms with Gasteiger partial charge in [-0.25, -0.2) is 9.59 Å². The summed E-state index contributed by atoms with van der Waals surface area (Å²) in [6.45, 7) is 1.68. The highest BCUT2D eigenvalue weighted by atomic mass is 16.5. The van der Waals surface area contributed by atoms with Crippen LogP contribution in [0.25, 0.3) is 0 Å². The van der Waals surface area contributed by atoms with Crippen molar-refractivity contribution >= 4 is 18.0 Å². The maximum absolute atomic E-state index is 12.3. The van der Waals surface area contributed by atoms with Gasteiger partial charge in [0.15, 0.2) is 0 Å². The number of carbonyl (C=O) groups is 3. The van der Waals surface area contributed by atoms with Gasteiger partial charge in [-0.05, 0) is 38.2 Å². The average Bonchev–Trinajstić information content (AvgIpc) is 2.67. The molecule has 7 heteroatoms. The SMILES string of the molecule is COC(=O)C1=C(NC(=O)[C@H](C)NC(=O)OCc2ccccc2)CCCC1. The normalized spacial score (nSPS) is 15.0. The fraction of sp³-hybridized carbons (Fsp3) is 0.421. The average molecular weight is 360 g/mol. The summed E-state index contributed by atoms with van der Waals surface area (Å²) < 4.78 is 9.86. The summed E-state index contributed by atoms with van der Waals surface area (Å²) >= 11 is 0. The van der Waals surface area contributed by atoms with Crippen LogP contribution in [-0.4, -0.2) is 31.1 Å². The summed E-state index contributed by atoms with van der Waals surface area (Å²) in [4.78, 5) is 36.0. The third-order valence-electron chi connectivity index (χ3n) is 4.11. The molecule has 7 nitrogen and oxygen atoms in total. The van der Waals surface area contributed by atoms with Crippen molar-refractivity contribution in [2.75, 3.05) is 7.11 Å². The Kier molecular flexibility index (Phi) is 7.20. The molecule has 0 aromatic heterocycles. The molecule has 2 amide bonds. The van der Waals surface area contributed by atoms with Gasteiger partial charge >= 0.3 is 12.1 Å². The van der Waals surface area contributed by atoms with Gasteiger partial charge in [0.2, 0.25) is 5.91 Å². The number of rotatable bonds is 6. The van der Waals surface area contributed by atoms with Gasteiger partial charge in [-0.1, -0.05) is 30.3 Å². The molecule has 26 heavy (non-hydrogen) atoms. The van der Waals surface area contributed by atoms with Crippen LogP contribution in [0.2, 0.25) is 0 Å². The van der Waals surface area contributed by atoms with Gasteiger partial charge in [0.05, 0.1) is 12.7 Å². The Morgan fingerprint density at radius 2 is 1.81 bits per heavy atom. The Balaban J connectivity index is 1.87. The number of nitrogens with one attached hydrogen (secondary N) is 2. The predicted octanol–water partition coefficient (Wildman–Crippen LogP) is 2.42. The molecule has 0 saturated heterocycles. The lowest BCUT2D eigenvalue weighted by Crippen LogP contribution is -2.45. The second-order valence-corrected chi connectivity index (χ2v) is 6.07. The van der Waals surface area contributed by atoms with E-state index >= 15 is 0 Å². The fourth-order valence-corrected chi connectivity index (χ4v) is 2.66. The van der Waals surface area contributed by atoms with E-state index in [1.54, 1.807) is 6.92 Å². The summed E-state index contributed by atoms with van der Waals surface area (Å²) in [5.41, 5.74) is 1.92. The number of allylic oxidation sites excluding steroid dienone is 1. The minimum absolute atomic E-state index is 0.124. The van der Waals surface area contributed by atoms with E-state index < -0.39 is 24.0 Å². The van der Waals surface area contributed by atoms with Crippen molar-refractivity contribution in [3.05, 3.63) is 47.2 Å². The molecule has 2 N–H and O–H groups in total. The topological polar surface area (TPSA) is 93.7 Å². The lowest BCUT2D eigenvalue weighted by atomic mass is 9.96. The highest BCUT2D eigenvalue weighted by Crippen LogP contribution is 2.23. The summed E-state index contributed by atoms with van der Waals surface area (Å²) in [6, 6.07) is 8.46. The van der Waals surface area contributed by atoms with Gasteiger partial charge in [0.25, 0.3) is 0 Å². The molecule has 0 unspecified atom stereocenters. The molecule has 1 aliphatic rings. The Bertz CT molecular complexity index is 684. The van der Waals surface area contributed by atoms with E-state index in [-0.39, 0.29) is 6.61 Å². The molecule has 0 bridgehead atoms. The third kappa shape index (κ3) is 5.61. The van der Waals surface area contributed by atoms with Gasteiger partial charge < -0.3 is 20.1 Å². The van der Waals surface area contributed by atoms with E-state index in [1.807, 2.05) is 30.3 Å². The molecule has 1 atom stereocenters. The van der Waals surface area contributed by atoms with Crippen molar-refractivity contribution in [1.29, 1.82) is 0 Å². The fourth-order valence-electron chi connectivity index (χ4n) is 2.66. The van der Waals surface area contributed by atoms with Crippen molar-refractivity contribution < 1.29 is 23.9 Å². The first-order valence-corrected chi connectivity index (χ1v) is 8.59. The number of carbonyl (C=O) groups excluding carboxylic acids is 3. The first-order chi connectivity index (χ1) is 12.5. The van der Waals surface area contributed by atoms with Crippen molar-refractivity contribution in [1.82, 2.24) is 10.6 Å². The van der Waals surface area contributed by atoms with Crippen LogP contribution in [0.15, 0.2) is 41.6 Å². The van der Waals surface area contributed by atoms with E-state index in [0.717, 1.165) is 18.4 Å². The molecule has 0 spiro atoms. The summed E-state index contributed by atoms with van der Waals surface area (Å²) in [7, 11) is 1.32. The molecule has 0 aliphatic heterocycles. The zero-order valence-corrected chi connectivity index (χ0v) is 15.0. The Morgan fingerprint density at radius 1 is 1.12 bits per heavy atom. The molecular weight excluding hydrogens is 336 g/mol. The molecule has 0 heterocycles. The number of esters is 1. The van der Waals surface area contributed by atoms with E-state index in [2.05, 4.69) is 10.6 Å². The van der Waals surface area contributed by atoms with E-state index in [9.17, 15) is 14.4 Å². The lowest BCUT2D eigenvalue weighted by molar-refractivity contribution is -0.136. The summed E-state index contributed by atoms with van der Waals surface area (Å²) in [5.74, 6) is -0.831. The molecule has 0 fully saturated rings. The zero-order valence-electron chi connectivity index (χ0n) is 15.0. The van der Waals surface area contributed by atoms with Gasteiger partial charge in [-0.3, -0.25) is 4.79 Å². The number of amides is 2. The third-order valence-corrected chi connectivity index (χ3v) is 4.11. The Labute approximate surface area is 152 Å². The predicted molar refractivity (Wildman–Crippen MR) is 94.9 cm³/mol. The highest BCUT2D eigenvalue weighted by molar-refractivity contribution is 5.92. The number of hydrogen-bond acceptors (Lipinski definition) is 5. The first-order valence-electron chi connectivity index (χ1n) is 8.59. The van der Waals surface area contributed by atoms with E-state index in [0.29, 0.717) is 24.1 Å². The zero-order chi connectivity index (χ0) is 18.9. The van der Waals surface area contributed by atoms with Crippen LogP contribution in [0.4, 0.5) is 4.79 Å². The minimum Gasteiger partial charge on any atom is -0.466 e. The standard InChI is InChI=1S/C19H24N2O5/c1-13(20-19(24)26-12-14-8-4-3-5-9-14)17(22)21-16-11-7-6-10-15(16)18(23)25-2/h3-5,8-9,13H,6-7,10-12H2,1-2H3,(H,20,24)(H,21,22)/t13-/m0/s1. The quantitative estimate of drug-likeness (QED) is 0.760. The summed E-state index contributed by atoms with van der Waals surface area (Å²) in [6.07, 6.45) is 2.26. The summed E-state index contributed by atoms with van der Waals surface area (Å²) in [5, 5.41) is 5.22. The van der Waals surface area contributed by atoms with Crippen LogP contribution in [0.5, 0.6) is 0 Å². The number of methoxy groups -OCH3 is 1. The molecule has 2 rings (SSSR count). The van der Waals surface area contributed by atoms with Crippen LogP contribution >= 0.6 is 0 Å². The molecule has 1 aliphatic carbocycles. The van der Waals surface area contributed by atoms with Gasteiger partial charge in [-0.2, -0.15) is 0 Å². The van der Waals surface area contributed by atoms with Gasteiger partial charge in [0, 0.05) is 5.70 Å². The number of hydrogen-bond donors (Lipinski definition) is 2. The largest absolute Gasteiger partial charge is 0.466 e. The first kappa shape index (κ1) is 19.5. The van der Waals surface area contributed by atoms with E-state index in [4.69, 9.17) is 9.47 Å². The molecule has 1 aromatic carbocycles. The van der Waals surface area contributed by atoms with E-state index in [1.165, 1.54) is 7.11 Å². The number of ether oxygens (including phenoxy) is 2. The number of benzene rings is 1. The van der Waals surface area contributed by atoms with Crippen LogP contribution in [0.3, 0.4) is 0 Å². The van der Waals surface area contributed by atoms with Crippen molar-refractivity contribution in [3.8, 4) is 0 Å². The van der Waals surface area contributed by atoms with Crippen LogP contribution in [0, 0.1) is 0 Å². The minimum atomic E-state index is -0.799. The highest BCUT2D eigenvalue weighted by Gasteiger charge is 2.23. The lowest BCUT2D eigenvalue weighted by Gasteiger charge is -2.21. The van der Waals surface area contributed by atoms with Gasteiger partial charge in [-0.15, -0.1) is 0 Å². The Morgan fingerprint density at radius 3 is 2.50 bits per heavy atom. The van der Waals surface area contributed by atoms with Crippen LogP contribution in [-0.2, 0) is 25.7 Å². The molecule has 140 valence electrons. The van der Waals surface area contributed by atoms with Crippen LogP contribution in [0.1, 0.15) is 38.2 Å². The van der Waals surface area contributed by atoms with Crippen molar-refractivity contribution in [2.45, 2.75) is 45.3 Å². The second-order valence-electron chi connectivity index (χ2n) is 6.07. The molecular formula is C19H24N2O5. The molecule has 0 saturated carbocycles. The van der Waals surface area contributed by atoms with Crippen molar-refractivity contribution in [3.63, 3.8) is 0 Å². The smallest absolute Gasteiger partial charge is 0.408 e. The van der Waals surface area contributed by atoms with Gasteiger partial charge in [0.1, 0.15) is 12.6 Å².